The zero-order valence-electron chi connectivity index (χ0n) is 48.4. The SMILES string of the molecule is C=Cc1c(C)c2cc3[nH]c(cc4nc(cc5nc(cc1[nH]2)C(C)=C5CCC(=O)NCCCCNCCCNCCCCNCCCN)C(CCC(=O)NCCCCNCCCNCCCCNCCCN)=C4C)c(C)c3C=C. The van der Waals surface area contributed by atoms with E-state index in [0.29, 0.717) is 38.8 Å². The fourth-order valence-corrected chi connectivity index (χ4v) is 10.0. The third-order valence-electron chi connectivity index (χ3n) is 14.9. The molecule has 0 saturated heterocycles. The fraction of sp³-hybridized carbons (Fsp3) is 0.581. The highest BCUT2D eigenvalue weighted by molar-refractivity contribution is 5.97. The van der Waals surface area contributed by atoms with Crippen LogP contribution in [0.3, 0.4) is 0 Å². The van der Waals surface area contributed by atoms with Gasteiger partial charge in [-0.25, -0.2) is 9.97 Å². The lowest BCUT2D eigenvalue weighted by Gasteiger charge is -2.09. The molecule has 0 fully saturated rings. The number of fused-ring (bicyclic) bond motifs is 8. The molecule has 8 bridgehead atoms. The van der Waals surface area contributed by atoms with Crippen LogP contribution in [0.25, 0.3) is 56.5 Å². The van der Waals surface area contributed by atoms with Crippen molar-refractivity contribution in [1.82, 2.24) is 62.5 Å². The van der Waals surface area contributed by atoms with Crippen LogP contribution in [-0.4, -0.2) is 136 Å². The molecule has 0 atom stereocenters. The first-order valence-electron chi connectivity index (χ1n) is 29.7. The summed E-state index contributed by atoms with van der Waals surface area (Å²) in [7, 11) is 0. The number of carbonyl (C=O) groups excluding carboxylic acids is 2. The van der Waals surface area contributed by atoms with Crippen molar-refractivity contribution in [1.29, 1.82) is 0 Å². The molecule has 0 spiro atoms. The average Bonchev–Trinajstić information content (AvgIpc) is 4.13. The van der Waals surface area contributed by atoms with Crippen molar-refractivity contribution in [3.63, 3.8) is 0 Å². The quantitative estimate of drug-likeness (QED) is 0.0242. The third kappa shape index (κ3) is 21.4. The fourth-order valence-electron chi connectivity index (χ4n) is 10.0. The Hall–Kier alpha value is -5.30. The molecule has 78 heavy (non-hydrogen) atoms. The van der Waals surface area contributed by atoms with Crippen LogP contribution in [0.2, 0.25) is 0 Å². The average molecular weight is 1070 g/mol. The maximum atomic E-state index is 13.4. The van der Waals surface area contributed by atoms with Crippen LogP contribution in [0.4, 0.5) is 0 Å². The molecule has 3 aromatic rings. The molecule has 0 unspecified atom stereocenters. The van der Waals surface area contributed by atoms with Gasteiger partial charge in [-0.05, 0) is 267 Å². The Morgan fingerprint density at radius 1 is 0.436 bits per heavy atom. The standard InChI is InChI=1S/C62H100N14O2/c1-7-49-45(3)53-41-54-47(5)51(21-23-61(77)71-39-15-13-31-69-37-19-35-67-29-11-9-27-65-33-17-25-63)59(75-54)44-60-52(48(6)56(76-60)43-58-50(8-2)46(4)55(74-58)42-57(49)73-53)22-24-62(78)72-40-16-14-32-70-38-20-36-68-30-12-10-28-66-34-18-26-64/h7-8,41-44,65-70,73-74H,1-2,9-40,63-64H2,3-6H3,(H,71,77)(H,72,78). The molecular formula is C62H100N14O2. The number of aryl methyl sites for hydroxylation is 2. The van der Waals surface area contributed by atoms with E-state index in [4.69, 9.17) is 21.4 Å². The maximum Gasteiger partial charge on any atom is 0.220 e. The predicted octanol–water partition coefficient (Wildman–Crippen LogP) is 8.01. The topological polar surface area (TPSA) is 240 Å². The molecule has 16 heteroatoms. The molecule has 0 aromatic carbocycles. The number of nitrogens with two attached hydrogens (primary N) is 2. The molecule has 0 radical (unpaired) electrons. The lowest BCUT2D eigenvalue weighted by atomic mass is 9.98. The zero-order chi connectivity index (χ0) is 55.7. The van der Waals surface area contributed by atoms with Gasteiger partial charge in [0, 0.05) is 59.1 Å². The van der Waals surface area contributed by atoms with E-state index in [-0.39, 0.29) is 11.8 Å². The Kier molecular flexibility index (Phi) is 30.0. The summed E-state index contributed by atoms with van der Waals surface area (Å²) in [5, 5.41) is 27.4. The lowest BCUT2D eigenvalue weighted by Crippen LogP contribution is -2.26. The van der Waals surface area contributed by atoms with Crippen LogP contribution in [0.1, 0.15) is 162 Å². The minimum Gasteiger partial charge on any atom is -0.356 e. The highest BCUT2D eigenvalue weighted by Crippen LogP contribution is 2.38. The number of allylic oxidation sites excluding steroid dienone is 4. The molecule has 3 aromatic heterocycles. The van der Waals surface area contributed by atoms with Gasteiger partial charge in [-0.1, -0.05) is 25.3 Å². The van der Waals surface area contributed by atoms with Gasteiger partial charge in [-0.3, -0.25) is 9.59 Å². The molecule has 0 aliphatic carbocycles. The number of hydrogen-bond acceptors (Lipinski definition) is 12. The summed E-state index contributed by atoms with van der Waals surface area (Å²) in [6.07, 6.45) is 18.3. The molecule has 2 aliphatic rings. The summed E-state index contributed by atoms with van der Waals surface area (Å²) < 4.78 is 0. The van der Waals surface area contributed by atoms with Crippen molar-refractivity contribution in [2.24, 2.45) is 11.5 Å². The van der Waals surface area contributed by atoms with Crippen LogP contribution < -0.4 is 54.0 Å². The second-order valence-electron chi connectivity index (χ2n) is 21.0. The van der Waals surface area contributed by atoms with Crippen molar-refractivity contribution in [3.05, 3.63) is 82.5 Å². The predicted molar refractivity (Wildman–Crippen MR) is 331 cm³/mol. The Labute approximate surface area is 467 Å². The molecule has 5 rings (SSSR count). The van der Waals surface area contributed by atoms with Crippen LogP contribution in [0.15, 0.2) is 37.4 Å². The molecule has 16 nitrogen and oxygen atoms in total. The number of amides is 2. The summed E-state index contributed by atoms with van der Waals surface area (Å²) >= 11 is 0. The van der Waals surface area contributed by atoms with Gasteiger partial charge in [0.15, 0.2) is 0 Å². The second kappa shape index (κ2) is 36.8. The van der Waals surface area contributed by atoms with Gasteiger partial charge in [-0.2, -0.15) is 0 Å². The van der Waals surface area contributed by atoms with Gasteiger partial charge < -0.3 is 64.0 Å². The number of H-pyrrole nitrogens is 2. The van der Waals surface area contributed by atoms with Gasteiger partial charge in [0.1, 0.15) is 0 Å². The van der Waals surface area contributed by atoms with E-state index in [1.807, 2.05) is 12.2 Å². The van der Waals surface area contributed by atoms with Gasteiger partial charge in [-0.15, -0.1) is 0 Å². The number of carbonyl (C=O) groups is 2. The second-order valence-corrected chi connectivity index (χ2v) is 21.0. The van der Waals surface area contributed by atoms with Gasteiger partial charge in [0.25, 0.3) is 0 Å². The smallest absolute Gasteiger partial charge is 0.220 e. The van der Waals surface area contributed by atoms with Crippen LogP contribution in [0, 0.1) is 13.8 Å². The molecule has 430 valence electrons. The van der Waals surface area contributed by atoms with E-state index in [2.05, 4.69) is 118 Å². The van der Waals surface area contributed by atoms with Crippen LogP contribution >= 0.6 is 0 Å². The van der Waals surface area contributed by atoms with Gasteiger partial charge in [0.05, 0.1) is 22.8 Å². The summed E-state index contributed by atoms with van der Waals surface area (Å²) in [6, 6.07) is 8.41. The number of rotatable bonds is 42. The van der Waals surface area contributed by atoms with E-state index in [1.54, 1.807) is 0 Å². The number of unbranched alkanes of at least 4 members (excludes halogenated alkanes) is 4. The number of nitrogens with one attached hydrogen (secondary N) is 10. The largest absolute Gasteiger partial charge is 0.356 e. The highest BCUT2D eigenvalue weighted by Gasteiger charge is 2.23. The van der Waals surface area contributed by atoms with Crippen molar-refractivity contribution < 1.29 is 9.59 Å². The van der Waals surface area contributed by atoms with E-state index in [9.17, 15) is 9.59 Å². The number of nitrogens with zero attached hydrogens (tertiary/aromatic N) is 2. The molecule has 0 saturated carbocycles. The minimum atomic E-state index is 0.0274. The van der Waals surface area contributed by atoms with Crippen LogP contribution in [-0.2, 0) is 9.59 Å². The van der Waals surface area contributed by atoms with Gasteiger partial charge >= 0.3 is 0 Å². The number of hydrogen-bond donors (Lipinski definition) is 12. The first-order valence-corrected chi connectivity index (χ1v) is 29.7. The van der Waals surface area contributed by atoms with Gasteiger partial charge in [0.2, 0.25) is 11.8 Å². The van der Waals surface area contributed by atoms with Crippen LogP contribution in [0.5, 0.6) is 0 Å². The van der Waals surface area contributed by atoms with Crippen molar-refractivity contribution >= 4 is 68.3 Å². The first-order chi connectivity index (χ1) is 38.1. The number of aromatic amines is 2. The summed E-state index contributed by atoms with van der Waals surface area (Å²) in [4.78, 5) is 44.8. The summed E-state index contributed by atoms with van der Waals surface area (Å²) in [5.74, 6) is 0.0557. The molecule has 14 N–H and O–H groups in total. The van der Waals surface area contributed by atoms with E-state index >= 15 is 0 Å². The summed E-state index contributed by atoms with van der Waals surface area (Å²) in [6.45, 7) is 31.7. The van der Waals surface area contributed by atoms with E-state index in [0.717, 1.165) is 232 Å². The third-order valence-corrected chi connectivity index (χ3v) is 14.9. The lowest BCUT2D eigenvalue weighted by molar-refractivity contribution is -0.121. The van der Waals surface area contributed by atoms with Crippen molar-refractivity contribution in [2.75, 3.05) is 105 Å². The van der Waals surface area contributed by atoms with Crippen molar-refractivity contribution in [3.8, 4) is 0 Å². The number of aromatic nitrogens is 4. The molecule has 2 amide bonds. The highest BCUT2D eigenvalue weighted by atomic mass is 16.2. The van der Waals surface area contributed by atoms with Crippen molar-refractivity contribution in [2.45, 2.75) is 130 Å². The minimum absolute atomic E-state index is 0.0274. The van der Waals surface area contributed by atoms with E-state index in [1.165, 1.54) is 25.7 Å². The Morgan fingerprint density at radius 3 is 1.13 bits per heavy atom. The van der Waals surface area contributed by atoms with E-state index < -0.39 is 0 Å². The summed E-state index contributed by atoms with van der Waals surface area (Å²) in [5.41, 5.74) is 26.3. The monoisotopic (exact) mass is 1070 g/mol. The first kappa shape index (κ1) is 63.5. The Morgan fingerprint density at radius 2 is 0.756 bits per heavy atom. The molecule has 5 heterocycles. The Balaban J connectivity index is 1.19. The zero-order valence-corrected chi connectivity index (χ0v) is 48.4. The maximum absolute atomic E-state index is 13.4. The Bertz CT molecular complexity index is 2570. The normalized spacial score (nSPS) is 12.5. The molecular weight excluding hydrogens is 973 g/mol. The molecule has 2 aliphatic heterocycles.